The average molecular weight is 432 g/mol. The third kappa shape index (κ3) is 6.33. The highest BCUT2D eigenvalue weighted by atomic mass is 16.6. The molecule has 0 radical (unpaired) electrons. The maximum absolute atomic E-state index is 10.8. The maximum Gasteiger partial charge on any atom is 0.269 e. The van der Waals surface area contributed by atoms with Crippen LogP contribution in [0.15, 0.2) is 65.8 Å². The zero-order valence-corrected chi connectivity index (χ0v) is 17.8. The Balaban J connectivity index is 1.77. The highest BCUT2D eigenvalue weighted by Gasteiger charge is 2.12. The Morgan fingerprint density at radius 1 is 1.00 bits per heavy atom. The molecule has 164 valence electrons. The Labute approximate surface area is 185 Å². The van der Waals surface area contributed by atoms with Crippen LogP contribution in [0, 0.1) is 10.1 Å². The number of anilines is 4. The number of benzene rings is 2. The molecule has 0 atom stereocenters. The summed E-state index contributed by atoms with van der Waals surface area (Å²) in [5.74, 6) is 1.07. The minimum Gasteiger partial charge on any atom is -0.341 e. The van der Waals surface area contributed by atoms with Gasteiger partial charge >= 0.3 is 0 Å². The first-order valence-electron chi connectivity index (χ1n) is 10.1. The van der Waals surface area contributed by atoms with E-state index in [2.05, 4.69) is 30.8 Å². The first-order chi connectivity index (χ1) is 15.6. The number of allylic oxidation sites excluding steroid dienone is 1. The summed E-state index contributed by atoms with van der Waals surface area (Å²) in [5, 5.41) is 18.1. The smallest absolute Gasteiger partial charge is 0.269 e. The summed E-state index contributed by atoms with van der Waals surface area (Å²) in [6, 6.07) is 15.9. The molecule has 0 aliphatic rings. The van der Waals surface area contributed by atoms with Crippen molar-refractivity contribution in [1.29, 1.82) is 0 Å². The van der Waals surface area contributed by atoms with Crippen LogP contribution in [0.4, 0.5) is 29.2 Å². The first-order valence-corrected chi connectivity index (χ1v) is 10.1. The normalized spacial score (nSPS) is 11.1. The van der Waals surface area contributed by atoms with Crippen LogP contribution in [0.1, 0.15) is 19.4 Å². The number of aromatic nitrogens is 3. The van der Waals surface area contributed by atoms with Crippen molar-refractivity contribution < 1.29 is 4.92 Å². The van der Waals surface area contributed by atoms with Crippen molar-refractivity contribution in [2.75, 3.05) is 28.7 Å². The standard InChI is InChI=1S/C22H24N8O2/c1-3-29(4-2)22-26-20(24-18-12-14-19(15-13-18)30(31)32)25-21(27-22)28-23-16-8-11-17-9-6-5-7-10-17/h5-16H,3-4H2,1-2H3,(H2,24,25,26,27,28)/b11-8+,23-16+. The largest absolute Gasteiger partial charge is 0.341 e. The quantitative estimate of drug-likeness (QED) is 0.273. The Hall–Kier alpha value is -4.34. The van der Waals surface area contributed by atoms with E-state index in [-0.39, 0.29) is 11.6 Å². The third-order valence-corrected chi connectivity index (χ3v) is 4.42. The number of nitrogens with one attached hydrogen (secondary N) is 2. The van der Waals surface area contributed by atoms with Crippen LogP contribution in [0.5, 0.6) is 0 Å². The van der Waals surface area contributed by atoms with Gasteiger partial charge in [0.25, 0.3) is 5.69 Å². The highest BCUT2D eigenvalue weighted by molar-refractivity contribution is 5.78. The molecule has 1 heterocycles. The lowest BCUT2D eigenvalue weighted by atomic mass is 10.2. The molecule has 3 aromatic rings. The van der Waals surface area contributed by atoms with Gasteiger partial charge in [-0.3, -0.25) is 10.1 Å². The molecule has 0 aliphatic heterocycles. The lowest BCUT2D eigenvalue weighted by Crippen LogP contribution is -2.25. The molecule has 2 N–H and O–H groups in total. The first kappa shape index (κ1) is 22.3. The van der Waals surface area contributed by atoms with Gasteiger partial charge in [-0.05, 0) is 37.6 Å². The number of nitro benzene ring substituents is 1. The molecular weight excluding hydrogens is 408 g/mol. The Morgan fingerprint density at radius 3 is 2.34 bits per heavy atom. The summed E-state index contributed by atoms with van der Waals surface area (Å²) >= 11 is 0. The maximum atomic E-state index is 10.8. The molecular formula is C22H24N8O2. The van der Waals surface area contributed by atoms with Crippen molar-refractivity contribution in [3.05, 3.63) is 76.4 Å². The monoisotopic (exact) mass is 432 g/mol. The molecule has 0 spiro atoms. The molecule has 3 rings (SSSR count). The van der Waals surface area contributed by atoms with Gasteiger partial charge in [-0.1, -0.05) is 36.4 Å². The van der Waals surface area contributed by atoms with Crippen LogP contribution in [-0.2, 0) is 0 Å². The van der Waals surface area contributed by atoms with Crippen molar-refractivity contribution in [1.82, 2.24) is 15.0 Å². The summed E-state index contributed by atoms with van der Waals surface area (Å²) < 4.78 is 0. The van der Waals surface area contributed by atoms with E-state index in [9.17, 15) is 10.1 Å². The van der Waals surface area contributed by atoms with Gasteiger partial charge in [0.1, 0.15) is 0 Å². The van der Waals surface area contributed by atoms with Crippen LogP contribution in [-0.4, -0.2) is 39.2 Å². The second-order valence-corrected chi connectivity index (χ2v) is 6.54. The van der Waals surface area contributed by atoms with E-state index in [1.54, 1.807) is 18.3 Å². The molecule has 0 aliphatic carbocycles. The predicted octanol–water partition coefficient (Wildman–Crippen LogP) is 4.48. The summed E-state index contributed by atoms with van der Waals surface area (Å²) in [4.78, 5) is 25.6. The molecule has 32 heavy (non-hydrogen) atoms. The molecule has 2 aromatic carbocycles. The predicted molar refractivity (Wildman–Crippen MR) is 127 cm³/mol. The van der Waals surface area contributed by atoms with Gasteiger partial charge < -0.3 is 10.2 Å². The van der Waals surface area contributed by atoms with E-state index >= 15 is 0 Å². The third-order valence-electron chi connectivity index (χ3n) is 4.42. The lowest BCUT2D eigenvalue weighted by Gasteiger charge is -2.19. The van der Waals surface area contributed by atoms with Gasteiger partial charge in [0.2, 0.25) is 17.8 Å². The minimum absolute atomic E-state index is 0.00952. The molecule has 1 aromatic heterocycles. The number of rotatable bonds is 10. The zero-order chi connectivity index (χ0) is 22.8. The number of nitrogens with zero attached hydrogens (tertiary/aromatic N) is 6. The van der Waals surface area contributed by atoms with Crippen LogP contribution >= 0.6 is 0 Å². The van der Waals surface area contributed by atoms with Crippen molar-refractivity contribution >= 4 is 41.5 Å². The van der Waals surface area contributed by atoms with Gasteiger partial charge in [-0.2, -0.15) is 20.1 Å². The lowest BCUT2D eigenvalue weighted by molar-refractivity contribution is -0.384. The van der Waals surface area contributed by atoms with Crippen LogP contribution < -0.4 is 15.6 Å². The van der Waals surface area contributed by atoms with Gasteiger partial charge in [0.05, 0.1) is 4.92 Å². The Morgan fingerprint density at radius 2 is 1.69 bits per heavy atom. The van der Waals surface area contributed by atoms with Crippen LogP contribution in [0.2, 0.25) is 0 Å². The fourth-order valence-corrected chi connectivity index (χ4v) is 2.77. The number of hydrazone groups is 1. The van der Waals surface area contributed by atoms with E-state index < -0.39 is 4.92 Å². The summed E-state index contributed by atoms with van der Waals surface area (Å²) in [6.07, 6.45) is 5.35. The van der Waals surface area contributed by atoms with Crippen LogP contribution in [0.3, 0.4) is 0 Å². The molecule has 0 bridgehead atoms. The fraction of sp³-hybridized carbons (Fsp3) is 0.182. The van der Waals surface area contributed by atoms with Crippen LogP contribution in [0.25, 0.3) is 6.08 Å². The summed E-state index contributed by atoms with van der Waals surface area (Å²) in [5.41, 5.74) is 4.52. The second kappa shape index (κ2) is 11.2. The molecule has 0 amide bonds. The van der Waals surface area contributed by atoms with Gasteiger partial charge in [-0.15, -0.1) is 0 Å². The molecule has 10 nitrogen and oxygen atoms in total. The van der Waals surface area contributed by atoms with Gasteiger partial charge in [0.15, 0.2) is 0 Å². The number of hydrogen-bond acceptors (Lipinski definition) is 9. The van der Waals surface area contributed by atoms with Crippen molar-refractivity contribution in [2.45, 2.75) is 13.8 Å². The average Bonchev–Trinajstić information content (AvgIpc) is 2.81. The van der Waals surface area contributed by atoms with E-state index in [4.69, 9.17) is 0 Å². The molecule has 10 heteroatoms. The Kier molecular flexibility index (Phi) is 7.79. The SMILES string of the molecule is CCN(CC)c1nc(N/N=C/C=C/c2ccccc2)nc(Nc2ccc([N+](=O)[O-])cc2)n1. The molecule has 0 unspecified atom stereocenters. The van der Waals surface area contributed by atoms with E-state index in [0.717, 1.165) is 18.7 Å². The van der Waals surface area contributed by atoms with Crippen molar-refractivity contribution in [3.8, 4) is 0 Å². The van der Waals surface area contributed by atoms with Crippen molar-refractivity contribution in [2.24, 2.45) is 5.10 Å². The van der Waals surface area contributed by atoms with Crippen molar-refractivity contribution in [3.63, 3.8) is 0 Å². The second-order valence-electron chi connectivity index (χ2n) is 6.54. The summed E-state index contributed by atoms with van der Waals surface area (Å²) in [6.45, 7) is 5.46. The minimum atomic E-state index is -0.447. The molecule has 0 fully saturated rings. The van der Waals surface area contributed by atoms with E-state index in [1.807, 2.05) is 61.2 Å². The van der Waals surface area contributed by atoms with Gasteiger partial charge in [-0.25, -0.2) is 5.43 Å². The number of non-ortho nitro benzene ring substituents is 1. The topological polar surface area (TPSA) is 121 Å². The summed E-state index contributed by atoms with van der Waals surface area (Å²) in [7, 11) is 0. The van der Waals surface area contributed by atoms with Gasteiger partial charge in [0, 0.05) is 37.1 Å². The zero-order valence-electron chi connectivity index (χ0n) is 17.8. The van der Waals surface area contributed by atoms with E-state index in [1.165, 1.54) is 12.1 Å². The number of nitro groups is 1. The Bertz CT molecular complexity index is 1080. The molecule has 0 saturated carbocycles. The molecule has 0 saturated heterocycles. The van der Waals surface area contributed by atoms with E-state index in [0.29, 0.717) is 17.6 Å². The highest BCUT2D eigenvalue weighted by Crippen LogP contribution is 2.20. The fourth-order valence-electron chi connectivity index (χ4n) is 2.77. The number of hydrogen-bond donors (Lipinski definition) is 2.